The van der Waals surface area contributed by atoms with E-state index in [2.05, 4.69) is 5.32 Å². The van der Waals surface area contributed by atoms with Gasteiger partial charge in [-0.25, -0.2) is 4.79 Å². The first-order chi connectivity index (χ1) is 9.68. The lowest BCUT2D eigenvalue weighted by atomic mass is 9.99. The van der Waals surface area contributed by atoms with Gasteiger partial charge in [0.05, 0.1) is 19.0 Å². The Kier molecular flexibility index (Phi) is 7.99. The summed E-state index contributed by atoms with van der Waals surface area (Å²) in [6.07, 6.45) is -0.0537. The molecule has 0 aromatic rings. The molecule has 0 bridgehead atoms. The summed E-state index contributed by atoms with van der Waals surface area (Å²) < 4.78 is 0. The van der Waals surface area contributed by atoms with Crippen molar-refractivity contribution in [2.45, 2.75) is 38.8 Å². The van der Waals surface area contributed by atoms with Crippen LogP contribution in [0.2, 0.25) is 0 Å². The van der Waals surface area contributed by atoms with E-state index in [1.54, 1.807) is 6.92 Å². The van der Waals surface area contributed by atoms with Gasteiger partial charge in [-0.2, -0.15) is 0 Å². The van der Waals surface area contributed by atoms with Crippen LogP contribution < -0.4 is 16.4 Å². The molecule has 0 saturated carbocycles. The number of carboxylic acid groups (broad SMARTS) is 2. The lowest BCUT2D eigenvalue weighted by Gasteiger charge is -2.18. The second kappa shape index (κ2) is 8.90. The molecule has 21 heavy (non-hydrogen) atoms. The van der Waals surface area contributed by atoms with Crippen molar-refractivity contribution in [3.8, 4) is 0 Å². The van der Waals surface area contributed by atoms with Gasteiger partial charge in [0, 0.05) is 0 Å². The summed E-state index contributed by atoms with van der Waals surface area (Å²) in [7, 11) is 0. The van der Waals surface area contributed by atoms with E-state index < -0.39 is 48.8 Å². The van der Waals surface area contributed by atoms with Crippen molar-refractivity contribution in [1.29, 1.82) is 0 Å². The first-order valence-corrected chi connectivity index (χ1v) is 6.46. The first kappa shape index (κ1) is 18.8. The van der Waals surface area contributed by atoms with Crippen LogP contribution >= 0.6 is 0 Å². The Balaban J connectivity index is 4.33. The maximum atomic E-state index is 11.6. The summed E-state index contributed by atoms with van der Waals surface area (Å²) in [5.41, 5.74) is 5.66. The van der Waals surface area contributed by atoms with Crippen LogP contribution in [0.4, 0.5) is 0 Å². The Morgan fingerprint density at radius 1 is 1.19 bits per heavy atom. The summed E-state index contributed by atoms with van der Waals surface area (Å²) in [5, 5.41) is 21.6. The zero-order valence-electron chi connectivity index (χ0n) is 12.0. The lowest BCUT2D eigenvalue weighted by Crippen LogP contribution is -2.50. The van der Waals surface area contributed by atoms with Gasteiger partial charge in [-0.3, -0.25) is 14.4 Å². The minimum absolute atomic E-state index is 0.0631. The molecule has 9 nitrogen and oxygen atoms in total. The number of carbonyl (C=O) groups excluding carboxylic acids is 2. The second-order valence-electron chi connectivity index (χ2n) is 4.69. The predicted molar refractivity (Wildman–Crippen MR) is 72.3 cm³/mol. The SMILES string of the molecule is CCC(C)C(N)C(=O)NCC(=O)NC(CC(=O)O)C(=O)O. The van der Waals surface area contributed by atoms with Crippen molar-refractivity contribution in [1.82, 2.24) is 10.6 Å². The highest BCUT2D eigenvalue weighted by atomic mass is 16.4. The number of carbonyl (C=O) groups is 4. The third-order valence-electron chi connectivity index (χ3n) is 2.99. The van der Waals surface area contributed by atoms with Gasteiger partial charge in [0.1, 0.15) is 6.04 Å². The lowest BCUT2D eigenvalue weighted by molar-refractivity contribution is -0.147. The number of nitrogens with one attached hydrogen (secondary N) is 2. The van der Waals surface area contributed by atoms with E-state index in [1.165, 1.54) is 0 Å². The molecule has 0 rings (SSSR count). The molecule has 6 N–H and O–H groups in total. The molecule has 0 aliphatic carbocycles. The van der Waals surface area contributed by atoms with Gasteiger partial charge in [0.25, 0.3) is 0 Å². The fourth-order valence-corrected chi connectivity index (χ4v) is 1.42. The zero-order valence-corrected chi connectivity index (χ0v) is 12.0. The number of aliphatic carboxylic acids is 2. The van der Waals surface area contributed by atoms with Crippen molar-refractivity contribution < 1.29 is 29.4 Å². The van der Waals surface area contributed by atoms with Crippen molar-refractivity contribution >= 4 is 23.8 Å². The average Bonchev–Trinajstić information content (AvgIpc) is 2.41. The molecule has 0 fully saturated rings. The number of carboxylic acids is 2. The Morgan fingerprint density at radius 3 is 2.19 bits per heavy atom. The highest BCUT2D eigenvalue weighted by Crippen LogP contribution is 2.04. The van der Waals surface area contributed by atoms with Crippen LogP contribution in [-0.4, -0.2) is 52.6 Å². The van der Waals surface area contributed by atoms with Gasteiger partial charge < -0.3 is 26.6 Å². The third-order valence-corrected chi connectivity index (χ3v) is 2.99. The van der Waals surface area contributed by atoms with Crippen molar-refractivity contribution in [2.24, 2.45) is 11.7 Å². The molecule has 0 spiro atoms. The molecule has 9 heteroatoms. The summed E-state index contributed by atoms with van der Waals surface area (Å²) in [6, 6.07) is -2.31. The third kappa shape index (κ3) is 7.25. The standard InChI is InChI=1S/C12H21N3O6/c1-3-6(2)10(13)11(19)14-5-8(16)15-7(12(20)21)4-9(17)18/h6-7,10H,3-5,13H2,1-2H3,(H,14,19)(H,15,16)(H,17,18)(H,20,21). The predicted octanol–water partition coefficient (Wildman–Crippen LogP) is -1.48. The second-order valence-corrected chi connectivity index (χ2v) is 4.69. The monoisotopic (exact) mass is 303 g/mol. The molecule has 0 heterocycles. The molecule has 0 aliphatic heterocycles. The number of nitrogens with two attached hydrogens (primary N) is 1. The largest absolute Gasteiger partial charge is 0.481 e. The van der Waals surface area contributed by atoms with Crippen LogP contribution in [0, 0.1) is 5.92 Å². The highest BCUT2D eigenvalue weighted by molar-refractivity contribution is 5.90. The van der Waals surface area contributed by atoms with E-state index in [1.807, 2.05) is 12.2 Å². The van der Waals surface area contributed by atoms with Crippen molar-refractivity contribution in [3.63, 3.8) is 0 Å². The molecule has 3 unspecified atom stereocenters. The summed E-state index contributed by atoms with van der Waals surface area (Å²) in [4.78, 5) is 44.3. The molecule has 0 aromatic heterocycles. The number of hydrogen-bond acceptors (Lipinski definition) is 5. The van der Waals surface area contributed by atoms with Crippen LogP contribution in [0.3, 0.4) is 0 Å². The molecule has 0 radical (unpaired) electrons. The van der Waals surface area contributed by atoms with Gasteiger partial charge in [0.15, 0.2) is 0 Å². The first-order valence-electron chi connectivity index (χ1n) is 6.46. The summed E-state index contributed by atoms with van der Waals surface area (Å²) in [5.74, 6) is -4.20. The van der Waals surface area contributed by atoms with E-state index in [9.17, 15) is 19.2 Å². The molecule has 0 aliphatic rings. The fourth-order valence-electron chi connectivity index (χ4n) is 1.42. The maximum Gasteiger partial charge on any atom is 0.326 e. The quantitative estimate of drug-likeness (QED) is 0.347. The fraction of sp³-hybridized carbons (Fsp3) is 0.667. The van der Waals surface area contributed by atoms with E-state index in [4.69, 9.17) is 15.9 Å². The van der Waals surface area contributed by atoms with E-state index in [0.717, 1.165) is 0 Å². The van der Waals surface area contributed by atoms with Crippen LogP contribution in [0.1, 0.15) is 26.7 Å². The topological polar surface area (TPSA) is 159 Å². The van der Waals surface area contributed by atoms with E-state index >= 15 is 0 Å². The molecule has 120 valence electrons. The minimum atomic E-state index is -1.55. The molecular weight excluding hydrogens is 282 g/mol. The highest BCUT2D eigenvalue weighted by Gasteiger charge is 2.24. The molecule has 2 amide bonds. The van der Waals surface area contributed by atoms with Gasteiger partial charge in [-0.15, -0.1) is 0 Å². The smallest absolute Gasteiger partial charge is 0.326 e. The van der Waals surface area contributed by atoms with Crippen LogP contribution in [0.15, 0.2) is 0 Å². The Morgan fingerprint density at radius 2 is 1.76 bits per heavy atom. The van der Waals surface area contributed by atoms with Gasteiger partial charge in [0.2, 0.25) is 11.8 Å². The molecular formula is C12H21N3O6. The minimum Gasteiger partial charge on any atom is -0.481 e. The van der Waals surface area contributed by atoms with Crippen LogP contribution in [-0.2, 0) is 19.2 Å². The van der Waals surface area contributed by atoms with Gasteiger partial charge >= 0.3 is 11.9 Å². The number of rotatable bonds is 9. The Labute approximate surface area is 121 Å². The average molecular weight is 303 g/mol. The number of amides is 2. The maximum absolute atomic E-state index is 11.6. The van der Waals surface area contributed by atoms with E-state index in [0.29, 0.717) is 6.42 Å². The number of hydrogen-bond donors (Lipinski definition) is 5. The zero-order chi connectivity index (χ0) is 16.6. The van der Waals surface area contributed by atoms with Gasteiger partial charge in [-0.1, -0.05) is 20.3 Å². The van der Waals surface area contributed by atoms with Gasteiger partial charge in [-0.05, 0) is 5.92 Å². The van der Waals surface area contributed by atoms with Crippen molar-refractivity contribution in [2.75, 3.05) is 6.54 Å². The van der Waals surface area contributed by atoms with Crippen molar-refractivity contribution in [3.05, 3.63) is 0 Å². The van der Waals surface area contributed by atoms with Crippen LogP contribution in [0.5, 0.6) is 0 Å². The summed E-state index contributed by atoms with van der Waals surface area (Å²) >= 11 is 0. The Hall–Kier alpha value is -2.16. The molecule has 3 atom stereocenters. The summed E-state index contributed by atoms with van der Waals surface area (Å²) in [6.45, 7) is 3.19. The molecule has 0 aromatic carbocycles. The van der Waals surface area contributed by atoms with E-state index in [-0.39, 0.29) is 5.92 Å². The normalized spacial score (nSPS) is 14.6. The Bertz CT molecular complexity index is 412. The van der Waals surface area contributed by atoms with Crippen LogP contribution in [0.25, 0.3) is 0 Å². The molecule has 0 saturated heterocycles.